The largest absolute Gasteiger partial charge is 0.396 e. The van der Waals surface area contributed by atoms with Crippen LogP contribution in [0.4, 0.5) is 0 Å². The Balaban J connectivity index is 0. The maximum absolute atomic E-state index is 8.40. The summed E-state index contributed by atoms with van der Waals surface area (Å²) in [5.41, 5.74) is 1.01. The van der Waals surface area contributed by atoms with Crippen molar-refractivity contribution >= 4 is 6.79 Å². The Morgan fingerprint density at radius 2 is 1.26 bits per heavy atom. The highest BCUT2D eigenvalue weighted by atomic mass is 16.3. The summed E-state index contributed by atoms with van der Waals surface area (Å²) in [5, 5.41) is 8.40. The van der Waals surface area contributed by atoms with Gasteiger partial charge in [-0.3, -0.25) is 0 Å². The van der Waals surface area contributed by atoms with E-state index in [1.54, 1.807) is 0 Å². The van der Waals surface area contributed by atoms with Gasteiger partial charge in [-0.15, -0.1) is 0 Å². The van der Waals surface area contributed by atoms with Gasteiger partial charge in [0.15, 0.2) is 0 Å². The fourth-order valence-corrected chi connectivity index (χ4v) is 4.57. The molecule has 0 amide bonds. The van der Waals surface area contributed by atoms with E-state index in [0.29, 0.717) is 10.8 Å². The molecule has 2 heteroatoms. The summed E-state index contributed by atoms with van der Waals surface area (Å²) >= 11 is 0. The molecule has 5 unspecified atom stereocenters. The SMILES string of the molecule is C=O.CC(C)(C)CO.CCC(C)C1CC(C)C(C(C)(C)C)CC1C(C)(C)C. The highest BCUT2D eigenvalue weighted by molar-refractivity contribution is 5.11. The average Bonchev–Trinajstić information content (AvgIpc) is 2.53. The van der Waals surface area contributed by atoms with Crippen LogP contribution in [0.25, 0.3) is 0 Å². The molecule has 1 rings (SSSR count). The number of rotatable bonds is 2. The molecule has 0 spiro atoms. The van der Waals surface area contributed by atoms with E-state index in [-0.39, 0.29) is 12.0 Å². The highest BCUT2D eigenvalue weighted by Crippen LogP contribution is 2.53. The maximum atomic E-state index is 8.40. The van der Waals surface area contributed by atoms with Gasteiger partial charge in [-0.2, -0.15) is 0 Å². The first-order valence-corrected chi connectivity index (χ1v) is 10.9. The van der Waals surface area contributed by atoms with Crippen LogP contribution in [-0.4, -0.2) is 18.5 Å². The number of carbonyl (C=O) groups excluding carboxylic acids is 1. The topological polar surface area (TPSA) is 37.3 Å². The van der Waals surface area contributed by atoms with Crippen molar-refractivity contribution in [2.24, 2.45) is 45.8 Å². The molecule has 0 radical (unpaired) electrons. The Hall–Kier alpha value is -0.370. The van der Waals surface area contributed by atoms with Gasteiger partial charge in [0.25, 0.3) is 0 Å². The molecule has 1 aliphatic carbocycles. The molecular weight excluding hydrogens is 332 g/mol. The summed E-state index contributed by atoms with van der Waals surface area (Å²) in [6.45, 7) is 30.3. The molecule has 0 aromatic heterocycles. The standard InChI is InChI=1S/C19H38.C5H12O.CH2O/c1-10-13(2)15-11-14(3)16(18(4,5)6)12-17(15)19(7,8)9;1-5(2,3)4-6;1-2/h13-17H,10-12H2,1-9H3;6H,4H2,1-3H3;1H2. The van der Waals surface area contributed by atoms with Crippen molar-refractivity contribution in [3.05, 3.63) is 0 Å². The molecule has 1 saturated carbocycles. The number of hydrogen-bond donors (Lipinski definition) is 1. The molecule has 0 saturated heterocycles. The smallest absolute Gasteiger partial charge is 0.106 e. The van der Waals surface area contributed by atoms with Crippen LogP contribution in [0.1, 0.15) is 102 Å². The van der Waals surface area contributed by atoms with Gasteiger partial charge < -0.3 is 9.90 Å². The van der Waals surface area contributed by atoms with Crippen LogP contribution in [0.2, 0.25) is 0 Å². The molecular formula is C25H52O2. The molecule has 0 aromatic rings. The number of carbonyl (C=O) groups is 1. The second kappa shape index (κ2) is 11.6. The van der Waals surface area contributed by atoms with Gasteiger partial charge in [-0.05, 0) is 58.7 Å². The zero-order valence-electron chi connectivity index (χ0n) is 20.8. The molecule has 1 N–H and O–H groups in total. The fourth-order valence-electron chi connectivity index (χ4n) is 4.57. The third-order valence-electron chi connectivity index (χ3n) is 6.43. The number of aliphatic hydroxyl groups is 1. The summed E-state index contributed by atoms with van der Waals surface area (Å²) in [6.07, 6.45) is 4.21. The zero-order valence-corrected chi connectivity index (χ0v) is 20.8. The molecule has 0 heterocycles. The lowest BCUT2D eigenvalue weighted by Crippen LogP contribution is -2.43. The van der Waals surface area contributed by atoms with E-state index in [4.69, 9.17) is 9.90 Å². The Labute approximate surface area is 171 Å². The summed E-state index contributed by atoms with van der Waals surface area (Å²) in [7, 11) is 0. The summed E-state index contributed by atoms with van der Waals surface area (Å²) in [6, 6.07) is 0. The van der Waals surface area contributed by atoms with Gasteiger partial charge in [-0.1, -0.05) is 89.5 Å². The lowest BCUT2D eigenvalue weighted by Gasteiger charge is -2.51. The van der Waals surface area contributed by atoms with Crippen molar-refractivity contribution in [1.29, 1.82) is 0 Å². The van der Waals surface area contributed by atoms with Crippen molar-refractivity contribution in [2.45, 2.75) is 102 Å². The van der Waals surface area contributed by atoms with Gasteiger partial charge >= 0.3 is 0 Å². The molecule has 2 nitrogen and oxygen atoms in total. The first-order valence-electron chi connectivity index (χ1n) is 10.9. The maximum Gasteiger partial charge on any atom is 0.106 e. The van der Waals surface area contributed by atoms with Gasteiger partial charge in [0, 0.05) is 6.61 Å². The van der Waals surface area contributed by atoms with E-state index in [0.717, 1.165) is 29.6 Å². The minimum absolute atomic E-state index is 0.0972. The van der Waals surface area contributed by atoms with Crippen molar-refractivity contribution in [1.82, 2.24) is 0 Å². The molecule has 27 heavy (non-hydrogen) atoms. The Bertz CT molecular complexity index is 381. The molecule has 0 bridgehead atoms. The third kappa shape index (κ3) is 10.7. The second-order valence-electron chi connectivity index (χ2n) is 12.2. The van der Waals surface area contributed by atoms with E-state index < -0.39 is 0 Å². The molecule has 0 aromatic carbocycles. The predicted octanol–water partition coefficient (Wildman–Crippen LogP) is 7.24. The average molecular weight is 385 g/mol. The molecule has 1 aliphatic rings. The van der Waals surface area contributed by atoms with Crippen LogP contribution in [-0.2, 0) is 4.79 Å². The van der Waals surface area contributed by atoms with E-state index in [2.05, 4.69) is 62.3 Å². The van der Waals surface area contributed by atoms with Crippen LogP contribution in [0.15, 0.2) is 0 Å². The minimum Gasteiger partial charge on any atom is -0.396 e. The van der Waals surface area contributed by atoms with Gasteiger partial charge in [-0.25, -0.2) is 0 Å². The summed E-state index contributed by atoms with van der Waals surface area (Å²) < 4.78 is 0. The summed E-state index contributed by atoms with van der Waals surface area (Å²) in [5.74, 6) is 4.48. The molecule has 5 atom stereocenters. The number of hydrogen-bond acceptors (Lipinski definition) is 2. The van der Waals surface area contributed by atoms with E-state index in [1.807, 2.05) is 27.6 Å². The zero-order chi connectivity index (χ0) is 22.2. The molecule has 1 fully saturated rings. The quantitative estimate of drug-likeness (QED) is 0.544. The monoisotopic (exact) mass is 384 g/mol. The van der Waals surface area contributed by atoms with Gasteiger partial charge in [0.2, 0.25) is 0 Å². The van der Waals surface area contributed by atoms with Crippen molar-refractivity contribution < 1.29 is 9.90 Å². The first-order chi connectivity index (χ1) is 12.0. The van der Waals surface area contributed by atoms with E-state index in [9.17, 15) is 0 Å². The highest BCUT2D eigenvalue weighted by Gasteiger charge is 2.45. The lowest BCUT2D eigenvalue weighted by atomic mass is 9.54. The van der Waals surface area contributed by atoms with Crippen LogP contribution in [0, 0.1) is 45.8 Å². The first kappa shape index (κ1) is 28.8. The van der Waals surface area contributed by atoms with Crippen LogP contribution < -0.4 is 0 Å². The minimum atomic E-state index is 0.0972. The van der Waals surface area contributed by atoms with Crippen molar-refractivity contribution in [2.75, 3.05) is 6.61 Å². The molecule has 164 valence electrons. The Morgan fingerprint density at radius 3 is 1.52 bits per heavy atom. The lowest BCUT2D eigenvalue weighted by molar-refractivity contribution is -0.0980. The number of aliphatic hydroxyl groups excluding tert-OH is 1. The Morgan fingerprint density at radius 1 is 0.889 bits per heavy atom. The predicted molar refractivity (Wildman–Crippen MR) is 121 cm³/mol. The fraction of sp³-hybridized carbons (Fsp3) is 0.960. The van der Waals surface area contributed by atoms with E-state index >= 15 is 0 Å². The van der Waals surface area contributed by atoms with E-state index in [1.165, 1.54) is 19.3 Å². The van der Waals surface area contributed by atoms with Crippen molar-refractivity contribution in [3.63, 3.8) is 0 Å². The van der Waals surface area contributed by atoms with Crippen molar-refractivity contribution in [3.8, 4) is 0 Å². The van der Waals surface area contributed by atoms with Gasteiger partial charge in [0.05, 0.1) is 0 Å². The summed E-state index contributed by atoms with van der Waals surface area (Å²) in [4.78, 5) is 8.00. The molecule has 0 aliphatic heterocycles. The van der Waals surface area contributed by atoms with Gasteiger partial charge in [0.1, 0.15) is 6.79 Å². The second-order valence-corrected chi connectivity index (χ2v) is 12.2. The third-order valence-corrected chi connectivity index (χ3v) is 6.43. The van der Waals surface area contributed by atoms with Crippen LogP contribution in [0.3, 0.4) is 0 Å². The Kier molecular flexibility index (Phi) is 12.4. The normalized spacial score (nSPS) is 27.6. The van der Waals surface area contributed by atoms with Crippen LogP contribution in [0.5, 0.6) is 0 Å². The van der Waals surface area contributed by atoms with Crippen LogP contribution >= 0.6 is 0 Å².